The van der Waals surface area contributed by atoms with Crippen molar-refractivity contribution in [1.29, 1.82) is 0 Å². The molecule has 2 aromatic rings. The Balaban J connectivity index is 1.76. The largest absolute Gasteiger partial charge is 0.471 e. The third kappa shape index (κ3) is 2.57. The van der Waals surface area contributed by atoms with Crippen LogP contribution in [-0.2, 0) is 21.9 Å². The first-order valence-electron chi connectivity index (χ1n) is 6.32. The van der Waals surface area contributed by atoms with E-state index in [0.717, 1.165) is 6.26 Å². The molecule has 0 radical (unpaired) electrons. The highest BCUT2D eigenvalue weighted by atomic mass is 32.2. The van der Waals surface area contributed by atoms with Crippen molar-refractivity contribution in [3.05, 3.63) is 31.0 Å². The summed E-state index contributed by atoms with van der Waals surface area (Å²) in [5, 5.41) is 4.01. The van der Waals surface area contributed by atoms with Crippen molar-refractivity contribution < 1.29 is 17.6 Å². The van der Waals surface area contributed by atoms with E-state index in [1.54, 1.807) is 24.1 Å². The van der Waals surface area contributed by atoms with Crippen LogP contribution in [0.1, 0.15) is 6.42 Å². The molecule has 2 aromatic heterocycles. The highest BCUT2D eigenvalue weighted by Gasteiger charge is 2.36. The minimum Gasteiger partial charge on any atom is -0.471 e. The lowest BCUT2D eigenvalue weighted by atomic mass is 10.3. The number of carbonyl (C=O) groups excluding carboxylic acids is 1. The van der Waals surface area contributed by atoms with Gasteiger partial charge in [-0.05, 0) is 12.5 Å². The zero-order chi connectivity index (χ0) is 15.0. The van der Waals surface area contributed by atoms with Crippen LogP contribution in [0.3, 0.4) is 0 Å². The Morgan fingerprint density at radius 1 is 1.48 bits per heavy atom. The van der Waals surface area contributed by atoms with Crippen molar-refractivity contribution in [3.8, 4) is 0 Å². The first-order valence-corrected chi connectivity index (χ1v) is 7.80. The molecule has 112 valence electrons. The summed E-state index contributed by atoms with van der Waals surface area (Å²) >= 11 is 0. The Bertz CT molecular complexity index is 750. The molecule has 0 saturated carbocycles. The zero-order valence-corrected chi connectivity index (χ0v) is 12.1. The van der Waals surface area contributed by atoms with Crippen LogP contribution in [0.2, 0.25) is 0 Å². The minimum atomic E-state index is -3.75. The van der Waals surface area contributed by atoms with Gasteiger partial charge in [0.15, 0.2) is 0 Å². The predicted octanol–water partition coefficient (Wildman–Crippen LogP) is 0.0969. The second-order valence-electron chi connectivity index (χ2n) is 4.78. The Hall–Kier alpha value is -2.13. The van der Waals surface area contributed by atoms with Crippen molar-refractivity contribution in [1.82, 2.24) is 14.5 Å². The Morgan fingerprint density at radius 3 is 2.90 bits per heavy atom. The van der Waals surface area contributed by atoms with Gasteiger partial charge in [-0.1, -0.05) is 0 Å². The summed E-state index contributed by atoms with van der Waals surface area (Å²) < 4.78 is 32.9. The fourth-order valence-electron chi connectivity index (χ4n) is 2.25. The summed E-state index contributed by atoms with van der Waals surface area (Å²) in [7, 11) is -1.99. The third-order valence-electron chi connectivity index (χ3n) is 3.31. The summed E-state index contributed by atoms with van der Waals surface area (Å²) in [6.45, 7) is 0.448. The van der Waals surface area contributed by atoms with Gasteiger partial charge in [0.2, 0.25) is 15.9 Å². The number of furan rings is 1. The molecule has 1 aliphatic heterocycles. The van der Waals surface area contributed by atoms with Crippen LogP contribution in [-0.4, -0.2) is 36.7 Å². The van der Waals surface area contributed by atoms with Gasteiger partial charge < -0.3 is 9.32 Å². The first kappa shape index (κ1) is 13.8. The van der Waals surface area contributed by atoms with Gasteiger partial charge in [0.25, 0.3) is 0 Å². The lowest BCUT2D eigenvalue weighted by Crippen LogP contribution is -2.41. The Labute approximate surface area is 121 Å². The van der Waals surface area contributed by atoms with Crippen LogP contribution in [0.15, 0.2) is 40.3 Å². The molecule has 3 rings (SSSR count). The van der Waals surface area contributed by atoms with Gasteiger partial charge in [-0.15, -0.1) is 0 Å². The van der Waals surface area contributed by atoms with Gasteiger partial charge in [0, 0.05) is 19.8 Å². The SMILES string of the molecule is Cn1cc(N2CCC(NS(=O)(=O)c3ccoc3)C2=O)cn1. The highest BCUT2D eigenvalue weighted by molar-refractivity contribution is 7.89. The molecule has 1 unspecified atom stereocenters. The van der Waals surface area contributed by atoms with Gasteiger partial charge in [-0.3, -0.25) is 9.48 Å². The van der Waals surface area contributed by atoms with E-state index in [0.29, 0.717) is 18.7 Å². The Morgan fingerprint density at radius 2 is 2.29 bits per heavy atom. The summed E-state index contributed by atoms with van der Waals surface area (Å²) in [4.78, 5) is 13.8. The first-order chi connectivity index (χ1) is 9.97. The van der Waals surface area contributed by atoms with Crippen LogP contribution in [0, 0.1) is 0 Å². The van der Waals surface area contributed by atoms with E-state index in [2.05, 4.69) is 9.82 Å². The maximum atomic E-state index is 12.3. The van der Waals surface area contributed by atoms with Crippen molar-refractivity contribution in [2.75, 3.05) is 11.4 Å². The highest BCUT2D eigenvalue weighted by Crippen LogP contribution is 2.22. The maximum absolute atomic E-state index is 12.3. The topological polar surface area (TPSA) is 97.4 Å². The molecule has 0 bridgehead atoms. The van der Waals surface area contributed by atoms with Crippen LogP contribution < -0.4 is 9.62 Å². The Kier molecular flexibility index (Phi) is 3.30. The molecule has 8 nitrogen and oxygen atoms in total. The number of nitrogens with one attached hydrogen (secondary N) is 1. The molecular formula is C12H14N4O4S. The number of aryl methyl sites for hydroxylation is 1. The molecule has 1 N–H and O–H groups in total. The average molecular weight is 310 g/mol. The molecule has 1 amide bonds. The summed E-state index contributed by atoms with van der Waals surface area (Å²) in [6.07, 6.45) is 6.09. The molecule has 1 aliphatic rings. The number of hydrogen-bond acceptors (Lipinski definition) is 5. The second kappa shape index (κ2) is 5.01. The minimum absolute atomic E-state index is 0.00938. The number of rotatable bonds is 4. The number of nitrogens with zero attached hydrogens (tertiary/aromatic N) is 3. The van der Waals surface area contributed by atoms with E-state index in [4.69, 9.17) is 4.42 Å². The fraction of sp³-hybridized carbons (Fsp3) is 0.333. The molecule has 0 aliphatic carbocycles. The van der Waals surface area contributed by atoms with Gasteiger partial charge in [-0.2, -0.15) is 9.82 Å². The summed E-state index contributed by atoms with van der Waals surface area (Å²) in [5.41, 5.74) is 0.660. The number of hydrogen-bond donors (Lipinski definition) is 1. The molecule has 21 heavy (non-hydrogen) atoms. The number of amides is 1. The number of aromatic nitrogens is 2. The smallest absolute Gasteiger partial charge is 0.245 e. The third-order valence-corrected chi connectivity index (χ3v) is 4.76. The van der Waals surface area contributed by atoms with E-state index in [1.807, 2.05) is 0 Å². The second-order valence-corrected chi connectivity index (χ2v) is 6.50. The standard InChI is InChI=1S/C12H14N4O4S/c1-15-7-9(6-13-15)16-4-2-11(12(16)17)14-21(18,19)10-3-5-20-8-10/h3,5-8,11,14H,2,4H2,1H3. The van der Waals surface area contributed by atoms with Crippen molar-refractivity contribution in [3.63, 3.8) is 0 Å². The van der Waals surface area contributed by atoms with Crippen molar-refractivity contribution >= 4 is 21.6 Å². The lowest BCUT2D eigenvalue weighted by Gasteiger charge is -2.14. The van der Waals surface area contributed by atoms with E-state index in [-0.39, 0.29) is 10.8 Å². The zero-order valence-electron chi connectivity index (χ0n) is 11.3. The summed E-state index contributed by atoms with van der Waals surface area (Å²) in [5.74, 6) is -0.282. The van der Waals surface area contributed by atoms with Crippen molar-refractivity contribution in [2.24, 2.45) is 7.05 Å². The molecule has 3 heterocycles. The number of anilines is 1. The van der Waals surface area contributed by atoms with E-state index in [9.17, 15) is 13.2 Å². The van der Waals surface area contributed by atoms with Crippen LogP contribution >= 0.6 is 0 Å². The molecule has 1 atom stereocenters. The van der Waals surface area contributed by atoms with Gasteiger partial charge in [-0.25, -0.2) is 8.42 Å². The lowest BCUT2D eigenvalue weighted by molar-refractivity contribution is -0.118. The molecule has 0 spiro atoms. The van der Waals surface area contributed by atoms with Crippen LogP contribution in [0.5, 0.6) is 0 Å². The predicted molar refractivity (Wildman–Crippen MR) is 73.0 cm³/mol. The number of carbonyl (C=O) groups is 1. The van der Waals surface area contributed by atoms with Crippen LogP contribution in [0.25, 0.3) is 0 Å². The monoisotopic (exact) mass is 310 g/mol. The van der Waals surface area contributed by atoms with Crippen molar-refractivity contribution in [2.45, 2.75) is 17.4 Å². The molecule has 0 aromatic carbocycles. The summed E-state index contributed by atoms with van der Waals surface area (Å²) in [6, 6.07) is 0.561. The fourth-order valence-corrected chi connectivity index (χ4v) is 3.40. The quantitative estimate of drug-likeness (QED) is 0.863. The van der Waals surface area contributed by atoms with E-state index in [1.165, 1.54) is 17.2 Å². The molecular weight excluding hydrogens is 296 g/mol. The van der Waals surface area contributed by atoms with E-state index >= 15 is 0 Å². The molecule has 9 heteroatoms. The average Bonchev–Trinajstić information content (AvgIpc) is 3.12. The molecule has 1 saturated heterocycles. The van der Waals surface area contributed by atoms with Gasteiger partial charge in [0.1, 0.15) is 17.2 Å². The van der Waals surface area contributed by atoms with Gasteiger partial charge >= 0.3 is 0 Å². The number of sulfonamides is 1. The van der Waals surface area contributed by atoms with Crippen LogP contribution in [0.4, 0.5) is 5.69 Å². The normalized spacial score (nSPS) is 19.4. The van der Waals surface area contributed by atoms with Gasteiger partial charge in [0.05, 0.1) is 18.1 Å². The van der Waals surface area contributed by atoms with E-state index < -0.39 is 16.1 Å². The maximum Gasteiger partial charge on any atom is 0.245 e. The molecule has 1 fully saturated rings.